The number of carboxylic acids is 1. The summed E-state index contributed by atoms with van der Waals surface area (Å²) < 4.78 is 0. The van der Waals surface area contributed by atoms with Gasteiger partial charge in [-0.25, -0.2) is 0 Å². The summed E-state index contributed by atoms with van der Waals surface area (Å²) >= 11 is 0. The Kier molecular flexibility index (Phi) is 8.88. The first-order valence-corrected chi connectivity index (χ1v) is 9.47. The zero-order chi connectivity index (χ0) is 21.4. The maximum Gasteiger partial charge on any atom is 0.304 e. The third-order valence-corrected chi connectivity index (χ3v) is 4.61. The van der Waals surface area contributed by atoms with Gasteiger partial charge in [0.2, 0.25) is 18.2 Å². The summed E-state index contributed by atoms with van der Waals surface area (Å²) in [6.07, 6.45) is 6.13. The molecule has 0 bridgehead atoms. The maximum atomic E-state index is 12.8. The highest BCUT2D eigenvalue weighted by molar-refractivity contribution is 5.90. The van der Waals surface area contributed by atoms with Crippen molar-refractivity contribution in [2.75, 3.05) is 14.1 Å². The van der Waals surface area contributed by atoms with Gasteiger partial charge >= 0.3 is 5.97 Å². The predicted octanol–water partition coefficient (Wildman–Crippen LogP) is 1.74. The van der Waals surface area contributed by atoms with Gasteiger partial charge < -0.3 is 20.2 Å². The number of aliphatic carboxylic acids is 1. The number of likely N-dealkylation sites (N-methyl/N-ethyl adjacent to an activating group) is 2. The molecule has 0 saturated heterocycles. The molecule has 0 saturated carbocycles. The fraction of sp³-hybridized carbons (Fsp3) is 0.600. The minimum atomic E-state index is -1.05. The van der Waals surface area contributed by atoms with Crippen LogP contribution in [0.25, 0.3) is 0 Å². The standard InChI is InChI=1S/C20H31N3O5/c1-13(2)10-15(11-18(25)26)19(27)21-14(3)20(28)23(5)17-9-7-6-8-16(17)22(4)12-24/h8-9,12-15H,6-7,10-11H2,1-5H3,(H,21,27)(H,25,26). The van der Waals surface area contributed by atoms with Gasteiger partial charge in [-0.1, -0.05) is 26.0 Å². The number of carbonyl (C=O) groups excluding carboxylic acids is 3. The lowest BCUT2D eigenvalue weighted by Gasteiger charge is -2.30. The summed E-state index contributed by atoms with van der Waals surface area (Å²) in [5, 5.41) is 11.7. The van der Waals surface area contributed by atoms with Crippen molar-refractivity contribution in [2.45, 2.75) is 52.5 Å². The van der Waals surface area contributed by atoms with Gasteiger partial charge in [0.25, 0.3) is 0 Å². The lowest BCUT2D eigenvalue weighted by atomic mass is 9.93. The zero-order valence-corrected chi connectivity index (χ0v) is 17.3. The number of carbonyl (C=O) groups is 4. The van der Waals surface area contributed by atoms with Crippen LogP contribution >= 0.6 is 0 Å². The second-order valence-corrected chi connectivity index (χ2v) is 7.52. The van der Waals surface area contributed by atoms with Crippen LogP contribution in [0.2, 0.25) is 0 Å². The van der Waals surface area contributed by atoms with E-state index in [-0.39, 0.29) is 18.2 Å². The third kappa shape index (κ3) is 6.51. The first kappa shape index (κ1) is 23.4. The first-order valence-electron chi connectivity index (χ1n) is 9.47. The van der Waals surface area contributed by atoms with Crippen molar-refractivity contribution in [2.24, 2.45) is 11.8 Å². The molecule has 0 fully saturated rings. The number of rotatable bonds is 10. The van der Waals surface area contributed by atoms with Gasteiger partial charge in [0.05, 0.1) is 17.8 Å². The minimum absolute atomic E-state index is 0.155. The van der Waals surface area contributed by atoms with Crippen LogP contribution in [0, 0.1) is 11.8 Å². The van der Waals surface area contributed by atoms with E-state index in [2.05, 4.69) is 5.32 Å². The molecule has 8 heteroatoms. The summed E-state index contributed by atoms with van der Waals surface area (Å²) in [6, 6.07) is -0.827. The van der Waals surface area contributed by atoms with E-state index in [0.717, 1.165) is 12.8 Å². The Labute approximate surface area is 166 Å². The van der Waals surface area contributed by atoms with Crippen LogP contribution in [0.5, 0.6) is 0 Å². The van der Waals surface area contributed by atoms with E-state index in [9.17, 15) is 19.2 Å². The molecule has 0 aromatic heterocycles. The van der Waals surface area contributed by atoms with E-state index in [0.29, 0.717) is 24.2 Å². The monoisotopic (exact) mass is 393 g/mol. The van der Waals surface area contributed by atoms with E-state index in [4.69, 9.17) is 5.11 Å². The Bertz CT molecular complexity index is 669. The Hall–Kier alpha value is -2.64. The lowest BCUT2D eigenvalue weighted by Crippen LogP contribution is -2.48. The van der Waals surface area contributed by atoms with Gasteiger partial charge in [-0.05, 0) is 32.1 Å². The molecule has 1 aliphatic rings. The maximum absolute atomic E-state index is 12.8. The van der Waals surface area contributed by atoms with E-state index in [1.165, 1.54) is 9.80 Å². The average Bonchev–Trinajstić information content (AvgIpc) is 2.64. The molecule has 1 rings (SSSR count). The highest BCUT2D eigenvalue weighted by Crippen LogP contribution is 2.24. The average molecular weight is 393 g/mol. The molecule has 156 valence electrons. The molecule has 3 amide bonds. The molecule has 0 aromatic carbocycles. The SMILES string of the molecule is CC(C)CC(CC(=O)O)C(=O)NC(C)C(=O)N(C)C1=CCCC=C1N(C)C=O. The molecule has 2 atom stereocenters. The number of amides is 3. The molecule has 28 heavy (non-hydrogen) atoms. The van der Waals surface area contributed by atoms with Gasteiger partial charge in [-0.15, -0.1) is 0 Å². The van der Waals surface area contributed by atoms with E-state index in [1.807, 2.05) is 26.0 Å². The number of nitrogens with zero attached hydrogens (tertiary/aromatic N) is 2. The summed E-state index contributed by atoms with van der Waals surface area (Å²) in [5.41, 5.74) is 1.25. The summed E-state index contributed by atoms with van der Waals surface area (Å²) in [7, 11) is 3.21. The summed E-state index contributed by atoms with van der Waals surface area (Å²) in [6.45, 7) is 5.40. The second-order valence-electron chi connectivity index (χ2n) is 7.52. The third-order valence-electron chi connectivity index (χ3n) is 4.61. The largest absolute Gasteiger partial charge is 0.481 e. The highest BCUT2D eigenvalue weighted by Gasteiger charge is 2.29. The number of nitrogens with one attached hydrogen (secondary N) is 1. The number of hydrogen-bond donors (Lipinski definition) is 2. The van der Waals surface area contributed by atoms with Crippen molar-refractivity contribution in [1.29, 1.82) is 0 Å². The van der Waals surface area contributed by atoms with Crippen LogP contribution in [-0.2, 0) is 19.2 Å². The molecule has 0 radical (unpaired) electrons. The van der Waals surface area contributed by atoms with E-state index >= 15 is 0 Å². The topological polar surface area (TPSA) is 107 Å². The second kappa shape index (κ2) is 10.6. The molecule has 0 heterocycles. The van der Waals surface area contributed by atoms with Crippen LogP contribution < -0.4 is 5.32 Å². The van der Waals surface area contributed by atoms with Crippen LogP contribution in [0.1, 0.15) is 46.5 Å². The van der Waals surface area contributed by atoms with Crippen molar-refractivity contribution in [1.82, 2.24) is 15.1 Å². The number of hydrogen-bond acceptors (Lipinski definition) is 4. The van der Waals surface area contributed by atoms with Gasteiger partial charge in [0, 0.05) is 20.0 Å². The molecule has 1 aliphatic carbocycles. The van der Waals surface area contributed by atoms with Crippen LogP contribution in [0.15, 0.2) is 23.5 Å². The van der Waals surface area contributed by atoms with Crippen LogP contribution in [-0.4, -0.2) is 59.2 Å². The predicted molar refractivity (Wildman–Crippen MR) is 105 cm³/mol. The van der Waals surface area contributed by atoms with Crippen molar-refractivity contribution in [3.63, 3.8) is 0 Å². The Morgan fingerprint density at radius 3 is 2.21 bits per heavy atom. The van der Waals surface area contributed by atoms with E-state index in [1.54, 1.807) is 21.0 Å². The fourth-order valence-corrected chi connectivity index (χ4v) is 3.20. The lowest BCUT2D eigenvalue weighted by molar-refractivity contribution is -0.142. The molecule has 0 aromatic rings. The zero-order valence-electron chi connectivity index (χ0n) is 17.3. The van der Waals surface area contributed by atoms with Gasteiger partial charge in [-0.2, -0.15) is 0 Å². The molecule has 0 spiro atoms. The van der Waals surface area contributed by atoms with Crippen molar-refractivity contribution >= 4 is 24.2 Å². The first-order chi connectivity index (χ1) is 13.1. The molecule has 2 N–H and O–H groups in total. The molecular formula is C20H31N3O5. The van der Waals surface area contributed by atoms with E-state index < -0.39 is 23.8 Å². The molecule has 0 aliphatic heterocycles. The highest BCUT2D eigenvalue weighted by atomic mass is 16.4. The Balaban J connectivity index is 2.86. The Morgan fingerprint density at radius 1 is 1.14 bits per heavy atom. The fourth-order valence-electron chi connectivity index (χ4n) is 3.20. The van der Waals surface area contributed by atoms with Crippen molar-refractivity contribution < 1.29 is 24.3 Å². The van der Waals surface area contributed by atoms with Crippen LogP contribution in [0.4, 0.5) is 0 Å². The van der Waals surface area contributed by atoms with Gasteiger partial charge in [0.1, 0.15) is 6.04 Å². The molecule has 8 nitrogen and oxygen atoms in total. The normalized spacial score (nSPS) is 15.8. The van der Waals surface area contributed by atoms with Crippen molar-refractivity contribution in [3.05, 3.63) is 23.5 Å². The molecular weight excluding hydrogens is 362 g/mol. The number of allylic oxidation sites excluding steroid dienone is 2. The van der Waals surface area contributed by atoms with Crippen molar-refractivity contribution in [3.8, 4) is 0 Å². The Morgan fingerprint density at radius 2 is 1.71 bits per heavy atom. The quantitative estimate of drug-likeness (QED) is 0.550. The summed E-state index contributed by atoms with van der Waals surface area (Å²) in [4.78, 5) is 50.3. The van der Waals surface area contributed by atoms with Crippen LogP contribution in [0.3, 0.4) is 0 Å². The minimum Gasteiger partial charge on any atom is -0.481 e. The van der Waals surface area contributed by atoms with Gasteiger partial charge in [0.15, 0.2) is 0 Å². The molecule has 2 unspecified atom stereocenters. The number of carboxylic acid groups (broad SMARTS) is 1. The smallest absolute Gasteiger partial charge is 0.304 e. The van der Waals surface area contributed by atoms with Gasteiger partial charge in [-0.3, -0.25) is 19.2 Å². The summed E-state index contributed by atoms with van der Waals surface area (Å²) in [5.74, 6) is -2.36.